The van der Waals surface area contributed by atoms with Gasteiger partial charge in [0, 0.05) is 0 Å². The summed E-state index contributed by atoms with van der Waals surface area (Å²) >= 11 is -0.613. The van der Waals surface area contributed by atoms with Crippen molar-refractivity contribution in [2.75, 3.05) is 7.11 Å². The van der Waals surface area contributed by atoms with Gasteiger partial charge in [0.15, 0.2) is 0 Å². The molecule has 1 aromatic carbocycles. The van der Waals surface area contributed by atoms with E-state index in [1.807, 2.05) is 31.2 Å². The molecule has 1 heterocycles. The molecule has 4 nitrogen and oxygen atoms in total. The summed E-state index contributed by atoms with van der Waals surface area (Å²) in [5.41, 5.74) is -0.564. The molecule has 0 aliphatic heterocycles. The predicted molar refractivity (Wildman–Crippen MR) is 97.2 cm³/mol. The van der Waals surface area contributed by atoms with Crippen LogP contribution in [0.3, 0.4) is 0 Å². The van der Waals surface area contributed by atoms with Gasteiger partial charge < -0.3 is 0 Å². The third kappa shape index (κ3) is 4.84. The molecule has 0 aliphatic rings. The Morgan fingerprint density at radius 1 is 1.48 bits per heavy atom. The van der Waals surface area contributed by atoms with Crippen LogP contribution in [0.2, 0.25) is 0 Å². The summed E-state index contributed by atoms with van der Waals surface area (Å²) in [5, 5.41) is 2.79. The molecule has 1 radical (unpaired) electrons. The number of methoxy groups -OCH3 is 1. The van der Waals surface area contributed by atoms with E-state index in [1.54, 1.807) is 14.0 Å². The first-order valence-corrected chi connectivity index (χ1v) is 9.60. The van der Waals surface area contributed by atoms with E-state index in [0.717, 1.165) is 16.3 Å². The molecular formula is C19H19AsFN2O2. The number of carbonyl (C=O) groups excluding carboxylic acids is 1. The van der Waals surface area contributed by atoms with Crippen LogP contribution in [0.1, 0.15) is 30.6 Å². The number of terminal acetylenes is 1. The number of halogens is 1. The van der Waals surface area contributed by atoms with Crippen LogP contribution in [0.15, 0.2) is 36.5 Å². The number of pyridine rings is 1. The van der Waals surface area contributed by atoms with Crippen molar-refractivity contribution in [1.29, 1.82) is 0 Å². The van der Waals surface area contributed by atoms with Gasteiger partial charge in [0.05, 0.1) is 0 Å². The molecule has 2 aromatic rings. The average Bonchev–Trinajstić information content (AvgIpc) is 2.63. The Labute approximate surface area is 153 Å². The molecule has 0 aliphatic carbocycles. The van der Waals surface area contributed by atoms with Crippen LogP contribution in [-0.4, -0.2) is 39.3 Å². The fourth-order valence-corrected chi connectivity index (χ4v) is 4.13. The van der Waals surface area contributed by atoms with E-state index < -0.39 is 33.0 Å². The average molecular weight is 401 g/mol. The van der Waals surface area contributed by atoms with Gasteiger partial charge in [-0.25, -0.2) is 0 Å². The Morgan fingerprint density at radius 2 is 2.24 bits per heavy atom. The zero-order valence-electron chi connectivity index (χ0n) is 14.3. The van der Waals surface area contributed by atoms with Crippen LogP contribution in [0.5, 0.6) is 5.75 Å². The Bertz CT molecular complexity index is 819. The number of hydrogen-bond acceptors (Lipinski definition) is 3. The number of rotatable bonds is 6. The van der Waals surface area contributed by atoms with Gasteiger partial charge in [-0.2, -0.15) is 0 Å². The number of aromatic nitrogens is 1. The van der Waals surface area contributed by atoms with E-state index in [0.29, 0.717) is 10.9 Å². The van der Waals surface area contributed by atoms with Crippen LogP contribution < -0.4 is 18.9 Å². The van der Waals surface area contributed by atoms with E-state index in [2.05, 4.69) is 16.2 Å². The zero-order chi connectivity index (χ0) is 18.4. The van der Waals surface area contributed by atoms with E-state index in [-0.39, 0.29) is 5.56 Å². The van der Waals surface area contributed by atoms with Gasteiger partial charge in [0.1, 0.15) is 0 Å². The summed E-state index contributed by atoms with van der Waals surface area (Å²) in [6.07, 6.45) is 7.20. The number of carbonyl (C=O) groups is 1. The van der Waals surface area contributed by atoms with Crippen LogP contribution in [0.25, 0.3) is 0 Å². The SMILES string of the molecule is C#C[C@@](C)(CC)NC(=O)c1cc(F)cnc1[As]c1cccc(OC)c1. The van der Waals surface area contributed by atoms with E-state index in [4.69, 9.17) is 11.2 Å². The van der Waals surface area contributed by atoms with E-state index in [1.165, 1.54) is 6.07 Å². The second-order valence-electron chi connectivity index (χ2n) is 5.62. The third-order valence-electron chi connectivity index (χ3n) is 3.78. The van der Waals surface area contributed by atoms with Gasteiger partial charge in [-0.05, 0) is 0 Å². The minimum absolute atomic E-state index is 0.220. The molecule has 0 saturated heterocycles. The number of ether oxygens (including phenoxy) is 1. The fourth-order valence-electron chi connectivity index (χ4n) is 2.03. The van der Waals surface area contributed by atoms with E-state index in [9.17, 15) is 9.18 Å². The van der Waals surface area contributed by atoms with Crippen LogP contribution in [0.4, 0.5) is 4.39 Å². The number of nitrogens with zero attached hydrogens (tertiary/aromatic N) is 1. The first kappa shape index (κ1) is 19.0. The molecule has 0 bridgehead atoms. The Morgan fingerprint density at radius 3 is 2.88 bits per heavy atom. The fraction of sp³-hybridized carbons (Fsp3) is 0.263. The summed E-state index contributed by atoms with van der Waals surface area (Å²) < 4.78 is 20.5. The van der Waals surface area contributed by atoms with Gasteiger partial charge in [-0.15, -0.1) is 0 Å². The van der Waals surface area contributed by atoms with Crippen molar-refractivity contribution >= 4 is 30.5 Å². The molecule has 1 N–H and O–H groups in total. The van der Waals surface area contributed by atoms with Crippen LogP contribution in [0, 0.1) is 18.2 Å². The molecule has 1 aromatic heterocycles. The summed E-state index contributed by atoms with van der Waals surface area (Å²) in [7, 11) is 1.59. The number of amides is 1. The van der Waals surface area contributed by atoms with Gasteiger partial charge in [-0.3, -0.25) is 0 Å². The first-order chi connectivity index (χ1) is 11.9. The monoisotopic (exact) mass is 401 g/mol. The van der Waals surface area contributed by atoms with Gasteiger partial charge in [0.2, 0.25) is 0 Å². The van der Waals surface area contributed by atoms with Crippen molar-refractivity contribution in [1.82, 2.24) is 10.3 Å². The quantitative estimate of drug-likeness (QED) is 0.589. The molecule has 0 spiro atoms. The normalized spacial score (nSPS) is 13.2. The molecule has 25 heavy (non-hydrogen) atoms. The predicted octanol–water partition coefficient (Wildman–Crippen LogP) is 1.42. The molecule has 1 atom stereocenters. The zero-order valence-corrected chi connectivity index (χ0v) is 16.2. The molecular weight excluding hydrogens is 382 g/mol. The van der Waals surface area contributed by atoms with Gasteiger partial charge in [0.25, 0.3) is 0 Å². The molecule has 0 unspecified atom stereocenters. The Balaban J connectivity index is 2.34. The second kappa shape index (κ2) is 8.18. The summed E-state index contributed by atoms with van der Waals surface area (Å²) in [4.78, 5) is 16.8. The van der Waals surface area contributed by atoms with Gasteiger partial charge >= 0.3 is 154 Å². The third-order valence-corrected chi connectivity index (χ3v) is 6.10. The second-order valence-corrected chi connectivity index (χ2v) is 8.06. The maximum absolute atomic E-state index is 13.7. The number of hydrogen-bond donors (Lipinski definition) is 1. The van der Waals surface area contributed by atoms with Gasteiger partial charge in [-0.1, -0.05) is 0 Å². The van der Waals surface area contributed by atoms with Crippen molar-refractivity contribution in [3.05, 3.63) is 47.9 Å². The Kier molecular flexibility index (Phi) is 6.22. The molecule has 6 heteroatoms. The molecule has 1 amide bonds. The van der Waals surface area contributed by atoms with Crippen molar-refractivity contribution < 1.29 is 13.9 Å². The number of benzene rings is 1. The topological polar surface area (TPSA) is 51.2 Å². The summed E-state index contributed by atoms with van der Waals surface area (Å²) in [6, 6.07) is 8.76. The van der Waals surface area contributed by atoms with Crippen molar-refractivity contribution in [2.45, 2.75) is 25.8 Å². The van der Waals surface area contributed by atoms with Crippen molar-refractivity contribution in [3.8, 4) is 18.1 Å². The summed E-state index contributed by atoms with van der Waals surface area (Å²) in [6.45, 7) is 3.64. The Hall–Kier alpha value is -2.31. The first-order valence-electron chi connectivity index (χ1n) is 7.72. The molecule has 0 saturated carbocycles. The van der Waals surface area contributed by atoms with Crippen LogP contribution >= 0.6 is 0 Å². The molecule has 129 valence electrons. The number of nitrogens with one attached hydrogen (secondary N) is 1. The standard InChI is InChI=1S/C19H19AsFN2O2/c1-5-19(3,6-2)23-18(24)16-11-14(21)12-22-17(16)20-13-8-7-9-15(10-13)25-4/h1,7-12H,6H2,2-4H3,(H,23,24)/t19-/m0/s1. The minimum atomic E-state index is -0.785. The maximum atomic E-state index is 13.7. The van der Waals surface area contributed by atoms with Crippen molar-refractivity contribution in [3.63, 3.8) is 0 Å². The summed E-state index contributed by atoms with van der Waals surface area (Å²) in [5.74, 6) is 2.33. The molecule has 0 fully saturated rings. The van der Waals surface area contributed by atoms with Crippen molar-refractivity contribution in [2.24, 2.45) is 0 Å². The van der Waals surface area contributed by atoms with Crippen LogP contribution in [-0.2, 0) is 0 Å². The van der Waals surface area contributed by atoms with E-state index >= 15 is 0 Å². The molecule has 2 rings (SSSR count).